The predicted octanol–water partition coefficient (Wildman–Crippen LogP) is 3.57. The second kappa shape index (κ2) is 15.8. The summed E-state index contributed by atoms with van der Waals surface area (Å²) in [5.41, 5.74) is 5.66. The molecule has 1 aliphatic heterocycles. The summed E-state index contributed by atoms with van der Waals surface area (Å²) >= 11 is 0. The summed E-state index contributed by atoms with van der Waals surface area (Å²) in [6, 6.07) is 11.6. The minimum Gasteiger partial charge on any atom is -0.475 e. The van der Waals surface area contributed by atoms with Crippen LogP contribution in [0.3, 0.4) is 0 Å². The molecular formula is C30H37F3N6O5. The van der Waals surface area contributed by atoms with Crippen LogP contribution in [0.15, 0.2) is 48.8 Å². The van der Waals surface area contributed by atoms with E-state index in [1.54, 1.807) is 0 Å². The van der Waals surface area contributed by atoms with E-state index in [0.717, 1.165) is 61.8 Å². The number of piperazine rings is 1. The summed E-state index contributed by atoms with van der Waals surface area (Å²) in [7, 11) is 1.40. The van der Waals surface area contributed by atoms with Crippen molar-refractivity contribution in [1.82, 2.24) is 25.0 Å². The third kappa shape index (κ3) is 9.79. The first-order valence-electron chi connectivity index (χ1n) is 14.1. The number of esters is 1. The van der Waals surface area contributed by atoms with Crippen LogP contribution in [0.5, 0.6) is 0 Å². The number of aryl methyl sites for hydroxylation is 1. The van der Waals surface area contributed by atoms with E-state index < -0.39 is 12.1 Å². The van der Waals surface area contributed by atoms with Gasteiger partial charge in [0.1, 0.15) is 0 Å². The second-order valence-corrected chi connectivity index (χ2v) is 10.1. The smallest absolute Gasteiger partial charge is 0.475 e. The molecule has 238 valence electrons. The number of pyridine rings is 1. The van der Waals surface area contributed by atoms with E-state index in [-0.39, 0.29) is 11.9 Å². The topological polar surface area (TPSA) is 130 Å². The number of carbonyl (C=O) groups excluding carboxylic acids is 2. The average molecular weight is 619 g/mol. The fourth-order valence-corrected chi connectivity index (χ4v) is 4.76. The highest BCUT2D eigenvalue weighted by Crippen LogP contribution is 2.20. The van der Waals surface area contributed by atoms with Crippen molar-refractivity contribution in [3.63, 3.8) is 0 Å². The number of nitrogens with zero attached hydrogens (tertiary/aromatic N) is 5. The van der Waals surface area contributed by atoms with Crippen LogP contribution >= 0.6 is 0 Å². The van der Waals surface area contributed by atoms with Gasteiger partial charge in [-0.3, -0.25) is 19.5 Å². The van der Waals surface area contributed by atoms with Gasteiger partial charge in [-0.25, -0.2) is 9.48 Å². The Morgan fingerprint density at radius 2 is 1.59 bits per heavy atom. The van der Waals surface area contributed by atoms with Gasteiger partial charge in [-0.1, -0.05) is 0 Å². The molecule has 1 fully saturated rings. The van der Waals surface area contributed by atoms with Gasteiger partial charge in [-0.05, 0) is 75.2 Å². The van der Waals surface area contributed by atoms with Crippen LogP contribution in [0, 0.1) is 13.8 Å². The maximum Gasteiger partial charge on any atom is 0.490 e. The summed E-state index contributed by atoms with van der Waals surface area (Å²) in [6.07, 6.45) is 0.418. The maximum absolute atomic E-state index is 12.6. The molecule has 0 radical (unpaired) electrons. The minimum atomic E-state index is -5.08. The Labute approximate surface area is 253 Å². The van der Waals surface area contributed by atoms with E-state index in [2.05, 4.69) is 37.3 Å². The zero-order valence-corrected chi connectivity index (χ0v) is 24.9. The Balaban J connectivity index is 0.000000676. The summed E-state index contributed by atoms with van der Waals surface area (Å²) in [4.78, 5) is 42.0. The third-order valence-corrected chi connectivity index (χ3v) is 7.20. The van der Waals surface area contributed by atoms with Crippen LogP contribution in [0.4, 0.5) is 18.9 Å². The molecule has 2 N–H and O–H groups in total. The van der Waals surface area contributed by atoms with Gasteiger partial charge in [0.25, 0.3) is 5.91 Å². The Hall–Kier alpha value is -4.46. The lowest BCUT2D eigenvalue weighted by molar-refractivity contribution is -0.192. The molecule has 0 aliphatic carbocycles. The van der Waals surface area contributed by atoms with E-state index in [1.807, 2.05) is 55.2 Å². The van der Waals surface area contributed by atoms with Crippen molar-refractivity contribution in [1.29, 1.82) is 0 Å². The number of ether oxygens (including phenoxy) is 1. The average Bonchev–Trinajstić information content (AvgIpc) is 3.30. The number of amides is 1. The number of alkyl halides is 3. The van der Waals surface area contributed by atoms with Crippen LogP contribution in [0.2, 0.25) is 0 Å². The van der Waals surface area contributed by atoms with Gasteiger partial charge in [0, 0.05) is 68.5 Å². The Kier molecular flexibility index (Phi) is 12.3. The van der Waals surface area contributed by atoms with E-state index in [0.29, 0.717) is 24.9 Å². The normalized spacial score (nSPS) is 13.5. The first kappa shape index (κ1) is 34.0. The maximum atomic E-state index is 12.6. The molecule has 0 unspecified atom stereocenters. The number of methoxy groups -OCH3 is 1. The molecule has 11 nitrogen and oxygen atoms in total. The van der Waals surface area contributed by atoms with E-state index in [1.165, 1.54) is 12.8 Å². The van der Waals surface area contributed by atoms with E-state index in [4.69, 9.17) is 14.6 Å². The number of nitrogens with one attached hydrogen (secondary N) is 1. The molecule has 44 heavy (non-hydrogen) atoms. The van der Waals surface area contributed by atoms with Crippen LogP contribution < -0.4 is 10.2 Å². The van der Waals surface area contributed by atoms with Gasteiger partial charge in [-0.2, -0.15) is 18.3 Å². The van der Waals surface area contributed by atoms with Crippen molar-refractivity contribution in [2.24, 2.45) is 0 Å². The molecule has 0 spiro atoms. The Bertz CT molecular complexity index is 1390. The lowest BCUT2D eigenvalue weighted by Crippen LogP contribution is -2.47. The fraction of sp³-hybridized carbons (Fsp3) is 0.433. The molecule has 1 aliphatic rings. The van der Waals surface area contributed by atoms with Gasteiger partial charge >= 0.3 is 18.1 Å². The molecule has 14 heteroatoms. The zero-order chi connectivity index (χ0) is 32.3. The molecule has 3 aromatic rings. The molecule has 2 aromatic heterocycles. The number of carboxylic acid groups (broad SMARTS) is 1. The molecule has 1 aromatic carbocycles. The van der Waals surface area contributed by atoms with Gasteiger partial charge in [0.2, 0.25) is 0 Å². The van der Waals surface area contributed by atoms with Gasteiger partial charge in [0.15, 0.2) is 0 Å². The van der Waals surface area contributed by atoms with Crippen LogP contribution in [-0.4, -0.2) is 95.2 Å². The van der Waals surface area contributed by atoms with Crippen molar-refractivity contribution in [3.05, 3.63) is 71.3 Å². The largest absolute Gasteiger partial charge is 0.490 e. The first-order valence-corrected chi connectivity index (χ1v) is 14.1. The van der Waals surface area contributed by atoms with Gasteiger partial charge < -0.3 is 20.1 Å². The van der Waals surface area contributed by atoms with Crippen molar-refractivity contribution in [2.45, 2.75) is 39.3 Å². The summed E-state index contributed by atoms with van der Waals surface area (Å²) in [5, 5.41) is 14.8. The summed E-state index contributed by atoms with van der Waals surface area (Å²) < 4.78 is 38.3. The van der Waals surface area contributed by atoms with Crippen molar-refractivity contribution in [3.8, 4) is 5.69 Å². The van der Waals surface area contributed by atoms with E-state index in [9.17, 15) is 22.8 Å². The fourth-order valence-electron chi connectivity index (χ4n) is 4.76. The van der Waals surface area contributed by atoms with E-state index >= 15 is 0 Å². The predicted molar refractivity (Wildman–Crippen MR) is 157 cm³/mol. The monoisotopic (exact) mass is 618 g/mol. The standard InChI is InChI=1S/C28H36N6O3.C2HF3O2/c1-21-26(9-10-27(35)37-3)22(2)34(31-21)25-7-5-23(6-8-25)28(36)30-13-4-16-32-17-19-33(20-18-32)24-11-14-29-15-12-24;3-2(4,5)1(6)7/h5-8,11-12,14-15H,4,9-10,13,16-20H2,1-3H3,(H,30,36);(H,6,7). The lowest BCUT2D eigenvalue weighted by Gasteiger charge is -2.36. The number of hydrogen-bond acceptors (Lipinski definition) is 8. The van der Waals surface area contributed by atoms with Crippen LogP contribution in [0.25, 0.3) is 5.69 Å². The molecule has 1 saturated heterocycles. The molecule has 0 bridgehead atoms. The van der Waals surface area contributed by atoms with Gasteiger partial charge in [-0.15, -0.1) is 0 Å². The molecule has 0 atom stereocenters. The third-order valence-electron chi connectivity index (χ3n) is 7.20. The van der Waals surface area contributed by atoms with Crippen molar-refractivity contribution >= 4 is 23.5 Å². The minimum absolute atomic E-state index is 0.0683. The Morgan fingerprint density at radius 3 is 2.16 bits per heavy atom. The number of halogens is 3. The van der Waals surface area contributed by atoms with Crippen LogP contribution in [0.1, 0.15) is 40.2 Å². The number of aliphatic carboxylic acids is 1. The van der Waals surface area contributed by atoms with Gasteiger partial charge in [0.05, 0.1) is 18.5 Å². The highest BCUT2D eigenvalue weighted by molar-refractivity contribution is 5.94. The number of aromatic nitrogens is 3. The second-order valence-electron chi connectivity index (χ2n) is 10.1. The number of anilines is 1. The molecule has 4 rings (SSSR count). The molecule has 0 saturated carbocycles. The number of carboxylic acids is 1. The number of rotatable bonds is 10. The lowest BCUT2D eigenvalue weighted by atomic mass is 10.1. The summed E-state index contributed by atoms with van der Waals surface area (Å²) in [6.45, 7) is 9.61. The molecular weight excluding hydrogens is 581 g/mol. The van der Waals surface area contributed by atoms with Crippen LogP contribution in [-0.2, 0) is 20.7 Å². The highest BCUT2D eigenvalue weighted by Gasteiger charge is 2.38. The summed E-state index contributed by atoms with van der Waals surface area (Å²) in [5.74, 6) is -3.06. The molecule has 1 amide bonds. The van der Waals surface area contributed by atoms with Crippen molar-refractivity contribution in [2.75, 3.05) is 51.3 Å². The SMILES string of the molecule is COC(=O)CCc1c(C)nn(-c2ccc(C(=O)NCCCN3CCN(c4ccncc4)CC3)cc2)c1C.O=C(O)C(F)(F)F. The number of hydrogen-bond donors (Lipinski definition) is 2. The Morgan fingerprint density at radius 1 is 0.977 bits per heavy atom. The molecule has 3 heterocycles. The quantitative estimate of drug-likeness (QED) is 0.259. The number of carbonyl (C=O) groups is 3. The first-order chi connectivity index (χ1) is 20.9. The highest BCUT2D eigenvalue weighted by atomic mass is 19.4. The number of benzene rings is 1. The van der Waals surface area contributed by atoms with Crippen molar-refractivity contribution < 1.29 is 37.4 Å². The zero-order valence-electron chi connectivity index (χ0n) is 24.9.